The molecule has 3 heterocycles. The van der Waals surface area contributed by atoms with Crippen LogP contribution in [0.25, 0.3) is 0 Å². The summed E-state index contributed by atoms with van der Waals surface area (Å²) in [5.74, 6) is 1.16. The minimum Gasteiger partial charge on any atom is -0.394 e. The van der Waals surface area contributed by atoms with Crippen LogP contribution in [0.4, 0.5) is 11.5 Å². The van der Waals surface area contributed by atoms with E-state index in [0.29, 0.717) is 12.1 Å². The Bertz CT molecular complexity index is 481. The Morgan fingerprint density at radius 1 is 1.35 bits per heavy atom. The molecule has 2 aliphatic rings. The molecule has 2 aliphatic heterocycles. The smallest absolute Gasteiger partial charge is 0.151 e. The lowest BCUT2D eigenvalue weighted by Gasteiger charge is -2.43. The third kappa shape index (κ3) is 2.18. The SMILES string of the molecule is CCCn1nc(C)c(N)c1N1CC2CCCN2CC1C. The molecule has 0 radical (unpaired) electrons. The number of hydrogen-bond acceptors (Lipinski definition) is 4. The van der Waals surface area contributed by atoms with Crippen LogP contribution in [0.15, 0.2) is 0 Å². The van der Waals surface area contributed by atoms with E-state index >= 15 is 0 Å². The van der Waals surface area contributed by atoms with Crippen molar-refractivity contribution in [3.63, 3.8) is 0 Å². The lowest BCUT2D eigenvalue weighted by atomic mass is 10.1. The van der Waals surface area contributed by atoms with Gasteiger partial charge in [-0.2, -0.15) is 5.10 Å². The Hall–Kier alpha value is -1.23. The highest BCUT2D eigenvalue weighted by Crippen LogP contribution is 2.33. The largest absolute Gasteiger partial charge is 0.394 e. The van der Waals surface area contributed by atoms with E-state index in [9.17, 15) is 0 Å². The maximum Gasteiger partial charge on any atom is 0.151 e. The van der Waals surface area contributed by atoms with Crippen molar-refractivity contribution in [3.05, 3.63) is 5.69 Å². The van der Waals surface area contributed by atoms with Crippen molar-refractivity contribution in [1.29, 1.82) is 0 Å². The number of nitrogens with zero attached hydrogens (tertiary/aromatic N) is 4. The second-order valence-electron chi connectivity index (χ2n) is 6.34. The highest BCUT2D eigenvalue weighted by atomic mass is 15.4. The number of hydrogen-bond donors (Lipinski definition) is 1. The van der Waals surface area contributed by atoms with Gasteiger partial charge in [-0.15, -0.1) is 0 Å². The molecule has 0 aromatic carbocycles. The third-order valence-electron chi connectivity index (χ3n) is 4.79. The molecule has 0 bridgehead atoms. The first kappa shape index (κ1) is 13.7. The van der Waals surface area contributed by atoms with Crippen molar-refractivity contribution < 1.29 is 0 Å². The van der Waals surface area contributed by atoms with Crippen LogP contribution in [0.5, 0.6) is 0 Å². The summed E-state index contributed by atoms with van der Waals surface area (Å²) in [6.07, 6.45) is 3.75. The topological polar surface area (TPSA) is 50.3 Å². The molecule has 0 aliphatic carbocycles. The predicted octanol–water partition coefficient (Wildman–Crippen LogP) is 1.86. The lowest BCUT2D eigenvalue weighted by Crippen LogP contribution is -2.55. The Morgan fingerprint density at radius 2 is 2.15 bits per heavy atom. The summed E-state index contributed by atoms with van der Waals surface area (Å²) in [7, 11) is 0. The van der Waals surface area contributed by atoms with Crippen LogP contribution in [0.1, 0.15) is 38.8 Å². The summed E-state index contributed by atoms with van der Waals surface area (Å²) in [6, 6.07) is 1.22. The highest BCUT2D eigenvalue weighted by Gasteiger charge is 2.36. The average molecular weight is 277 g/mol. The number of fused-ring (bicyclic) bond motifs is 1. The molecule has 2 atom stereocenters. The fourth-order valence-electron chi connectivity index (χ4n) is 3.74. The first-order valence-corrected chi connectivity index (χ1v) is 7.95. The van der Waals surface area contributed by atoms with Crippen LogP contribution in [0, 0.1) is 6.92 Å². The number of rotatable bonds is 3. The quantitative estimate of drug-likeness (QED) is 0.916. The Morgan fingerprint density at radius 3 is 2.90 bits per heavy atom. The molecular formula is C15H27N5. The van der Waals surface area contributed by atoms with Gasteiger partial charge in [-0.3, -0.25) is 4.90 Å². The van der Waals surface area contributed by atoms with E-state index in [0.717, 1.165) is 43.3 Å². The molecule has 20 heavy (non-hydrogen) atoms. The molecule has 2 N–H and O–H groups in total. The number of nitrogen functional groups attached to an aromatic ring is 1. The van der Waals surface area contributed by atoms with Gasteiger partial charge in [0, 0.05) is 31.7 Å². The van der Waals surface area contributed by atoms with Gasteiger partial charge in [0.2, 0.25) is 0 Å². The van der Waals surface area contributed by atoms with E-state index in [2.05, 4.69) is 33.4 Å². The molecule has 2 unspecified atom stereocenters. The van der Waals surface area contributed by atoms with E-state index < -0.39 is 0 Å². The van der Waals surface area contributed by atoms with Gasteiger partial charge in [0.05, 0.1) is 11.4 Å². The predicted molar refractivity (Wildman–Crippen MR) is 83.1 cm³/mol. The normalized spacial score (nSPS) is 27.1. The van der Waals surface area contributed by atoms with Gasteiger partial charge < -0.3 is 10.6 Å². The second-order valence-corrected chi connectivity index (χ2v) is 6.34. The molecule has 5 nitrogen and oxygen atoms in total. The van der Waals surface area contributed by atoms with Crippen LogP contribution < -0.4 is 10.6 Å². The van der Waals surface area contributed by atoms with Crippen molar-refractivity contribution in [2.24, 2.45) is 0 Å². The minimum atomic E-state index is 0.512. The number of anilines is 2. The maximum absolute atomic E-state index is 6.33. The summed E-state index contributed by atoms with van der Waals surface area (Å²) in [5.41, 5.74) is 8.16. The zero-order valence-electron chi connectivity index (χ0n) is 13.0. The molecule has 2 saturated heterocycles. The molecule has 2 fully saturated rings. The van der Waals surface area contributed by atoms with Gasteiger partial charge >= 0.3 is 0 Å². The summed E-state index contributed by atoms with van der Waals surface area (Å²) >= 11 is 0. The molecule has 5 heteroatoms. The van der Waals surface area contributed by atoms with Gasteiger partial charge in [-0.25, -0.2) is 4.68 Å². The fourth-order valence-corrected chi connectivity index (χ4v) is 3.74. The van der Waals surface area contributed by atoms with E-state index in [1.54, 1.807) is 0 Å². The fraction of sp³-hybridized carbons (Fsp3) is 0.800. The van der Waals surface area contributed by atoms with Gasteiger partial charge in [-0.1, -0.05) is 6.92 Å². The maximum atomic E-state index is 6.33. The van der Waals surface area contributed by atoms with Gasteiger partial charge in [-0.05, 0) is 39.7 Å². The summed E-state index contributed by atoms with van der Waals surface area (Å²) in [4.78, 5) is 5.14. The van der Waals surface area contributed by atoms with Crippen molar-refractivity contribution in [3.8, 4) is 0 Å². The average Bonchev–Trinajstić information content (AvgIpc) is 2.95. The van der Waals surface area contributed by atoms with Crippen LogP contribution in [0.3, 0.4) is 0 Å². The zero-order valence-corrected chi connectivity index (χ0v) is 13.0. The summed E-state index contributed by atoms with van der Waals surface area (Å²) in [5, 5.41) is 4.63. The van der Waals surface area contributed by atoms with Crippen molar-refractivity contribution in [2.75, 3.05) is 30.3 Å². The lowest BCUT2D eigenvalue weighted by molar-refractivity contribution is 0.201. The van der Waals surface area contributed by atoms with Crippen LogP contribution in [0.2, 0.25) is 0 Å². The Labute approximate surface area is 121 Å². The van der Waals surface area contributed by atoms with E-state index in [-0.39, 0.29) is 0 Å². The monoisotopic (exact) mass is 277 g/mol. The Kier molecular flexibility index (Phi) is 3.63. The van der Waals surface area contributed by atoms with E-state index in [4.69, 9.17) is 5.73 Å². The first-order valence-electron chi connectivity index (χ1n) is 7.95. The van der Waals surface area contributed by atoms with Crippen LogP contribution in [-0.4, -0.2) is 46.4 Å². The molecule has 112 valence electrons. The van der Waals surface area contributed by atoms with Gasteiger partial charge in [0.1, 0.15) is 0 Å². The first-order chi connectivity index (χ1) is 9.61. The second kappa shape index (κ2) is 5.28. The molecule has 1 aromatic heterocycles. The minimum absolute atomic E-state index is 0.512. The third-order valence-corrected chi connectivity index (χ3v) is 4.79. The molecule has 3 rings (SSSR count). The molecule has 0 amide bonds. The Balaban J connectivity index is 1.91. The van der Waals surface area contributed by atoms with Crippen LogP contribution >= 0.6 is 0 Å². The van der Waals surface area contributed by atoms with Gasteiger partial charge in [0.15, 0.2) is 5.82 Å². The van der Waals surface area contributed by atoms with Crippen LogP contribution in [-0.2, 0) is 6.54 Å². The molecular weight excluding hydrogens is 250 g/mol. The summed E-state index contributed by atoms with van der Waals surface area (Å²) < 4.78 is 2.12. The summed E-state index contributed by atoms with van der Waals surface area (Å²) in [6.45, 7) is 11.0. The number of aryl methyl sites for hydroxylation is 2. The number of nitrogens with two attached hydrogens (primary N) is 1. The number of piperazine rings is 1. The van der Waals surface area contributed by atoms with Gasteiger partial charge in [0.25, 0.3) is 0 Å². The zero-order chi connectivity index (χ0) is 14.3. The molecule has 0 spiro atoms. The van der Waals surface area contributed by atoms with Crippen molar-refractivity contribution >= 4 is 11.5 Å². The standard InChI is InChI=1S/C15H27N5/c1-4-7-20-15(14(16)12(3)17-20)19-10-13-6-5-8-18(13)9-11(19)2/h11,13H,4-10,16H2,1-3H3. The molecule has 0 saturated carbocycles. The van der Waals surface area contributed by atoms with Crippen molar-refractivity contribution in [1.82, 2.24) is 14.7 Å². The number of aromatic nitrogens is 2. The van der Waals surface area contributed by atoms with E-state index in [1.165, 1.54) is 19.4 Å². The van der Waals surface area contributed by atoms with E-state index in [1.807, 2.05) is 6.92 Å². The molecule has 1 aromatic rings. The highest BCUT2D eigenvalue weighted by molar-refractivity contribution is 5.67. The van der Waals surface area contributed by atoms with Crippen molar-refractivity contribution in [2.45, 2.75) is 58.7 Å².